The minimum atomic E-state index is -0.386. The molecule has 16 heavy (non-hydrogen) atoms. The lowest BCUT2D eigenvalue weighted by atomic mass is 10.2. The molecular formula is C10H14BrClN2O2. The number of aromatic amines is 1. The highest BCUT2D eigenvalue weighted by Gasteiger charge is 2.01. The van der Waals surface area contributed by atoms with Crippen molar-refractivity contribution in [2.45, 2.75) is 32.2 Å². The van der Waals surface area contributed by atoms with Gasteiger partial charge in [-0.3, -0.25) is 14.3 Å². The van der Waals surface area contributed by atoms with E-state index in [2.05, 4.69) is 20.9 Å². The maximum Gasteiger partial charge on any atom is 0.328 e. The van der Waals surface area contributed by atoms with E-state index in [1.54, 1.807) is 0 Å². The molecule has 0 amide bonds. The van der Waals surface area contributed by atoms with Gasteiger partial charge in [0.25, 0.3) is 5.56 Å². The summed E-state index contributed by atoms with van der Waals surface area (Å²) in [6.45, 7) is 0.622. The second kappa shape index (κ2) is 6.91. The van der Waals surface area contributed by atoms with Crippen LogP contribution in [0.3, 0.4) is 0 Å². The van der Waals surface area contributed by atoms with E-state index in [1.807, 2.05) is 0 Å². The number of nitrogens with one attached hydrogen (secondary N) is 1. The first-order valence-corrected chi connectivity index (χ1v) is 6.53. The monoisotopic (exact) mass is 308 g/mol. The van der Waals surface area contributed by atoms with Crippen LogP contribution in [0.25, 0.3) is 0 Å². The van der Waals surface area contributed by atoms with Crippen molar-refractivity contribution in [1.29, 1.82) is 0 Å². The van der Waals surface area contributed by atoms with Crippen molar-refractivity contribution in [3.8, 4) is 0 Å². The van der Waals surface area contributed by atoms with Crippen molar-refractivity contribution in [3.05, 3.63) is 31.5 Å². The number of hydrogen-bond donors (Lipinski definition) is 1. The number of alkyl halides is 1. The van der Waals surface area contributed by atoms with E-state index in [1.165, 1.54) is 10.8 Å². The van der Waals surface area contributed by atoms with E-state index in [0.29, 0.717) is 16.9 Å². The van der Waals surface area contributed by atoms with Crippen LogP contribution in [-0.2, 0) is 6.54 Å². The number of unbranched alkanes of at least 4 members (excludes halogenated alkanes) is 3. The van der Waals surface area contributed by atoms with E-state index in [0.717, 1.165) is 25.7 Å². The smallest absolute Gasteiger partial charge is 0.299 e. The molecule has 0 radical (unpaired) electrons. The fourth-order valence-corrected chi connectivity index (χ4v) is 1.91. The summed E-state index contributed by atoms with van der Waals surface area (Å²) in [6.07, 6.45) is 5.56. The summed E-state index contributed by atoms with van der Waals surface area (Å²) in [7, 11) is 0. The molecule has 0 saturated carbocycles. The summed E-state index contributed by atoms with van der Waals surface area (Å²) in [5, 5.41) is 0. The highest BCUT2D eigenvalue weighted by molar-refractivity contribution is 9.10. The molecule has 0 fully saturated rings. The van der Waals surface area contributed by atoms with Crippen LogP contribution in [-0.4, -0.2) is 15.4 Å². The molecule has 0 atom stereocenters. The van der Waals surface area contributed by atoms with Crippen molar-refractivity contribution in [1.82, 2.24) is 9.55 Å². The van der Waals surface area contributed by atoms with Gasteiger partial charge >= 0.3 is 5.69 Å². The maximum absolute atomic E-state index is 11.4. The van der Waals surface area contributed by atoms with Crippen molar-refractivity contribution in [2.75, 3.05) is 5.88 Å². The molecule has 0 spiro atoms. The van der Waals surface area contributed by atoms with E-state index in [4.69, 9.17) is 11.6 Å². The number of aromatic nitrogens is 2. The highest BCUT2D eigenvalue weighted by Crippen LogP contribution is 2.03. The topological polar surface area (TPSA) is 54.9 Å². The van der Waals surface area contributed by atoms with E-state index >= 15 is 0 Å². The van der Waals surface area contributed by atoms with Gasteiger partial charge in [0.15, 0.2) is 0 Å². The molecule has 1 rings (SSSR count). The normalized spacial score (nSPS) is 10.6. The summed E-state index contributed by atoms with van der Waals surface area (Å²) in [5.74, 6) is 0.685. The summed E-state index contributed by atoms with van der Waals surface area (Å²) in [4.78, 5) is 24.7. The lowest BCUT2D eigenvalue weighted by Crippen LogP contribution is -2.29. The fraction of sp³-hybridized carbons (Fsp3) is 0.600. The van der Waals surface area contributed by atoms with Gasteiger partial charge in [-0.2, -0.15) is 0 Å². The third kappa shape index (κ3) is 4.14. The van der Waals surface area contributed by atoms with Gasteiger partial charge in [0.1, 0.15) is 0 Å². The minimum absolute atomic E-state index is 0.356. The minimum Gasteiger partial charge on any atom is -0.299 e. The molecule has 1 aromatic heterocycles. The van der Waals surface area contributed by atoms with E-state index in [-0.39, 0.29) is 11.2 Å². The third-order valence-corrected chi connectivity index (χ3v) is 3.08. The number of H-pyrrole nitrogens is 1. The maximum atomic E-state index is 11.4. The molecule has 0 saturated heterocycles. The fourth-order valence-electron chi connectivity index (χ4n) is 1.38. The SMILES string of the molecule is O=c1[nH]c(=O)n(CCCCCCCl)cc1Br. The molecule has 0 aromatic carbocycles. The summed E-state index contributed by atoms with van der Waals surface area (Å²) >= 11 is 8.65. The van der Waals surface area contributed by atoms with E-state index < -0.39 is 0 Å². The lowest BCUT2D eigenvalue weighted by Gasteiger charge is -2.04. The van der Waals surface area contributed by atoms with Gasteiger partial charge < -0.3 is 0 Å². The first-order valence-electron chi connectivity index (χ1n) is 5.20. The van der Waals surface area contributed by atoms with Gasteiger partial charge in [-0.1, -0.05) is 12.8 Å². The van der Waals surface area contributed by atoms with Gasteiger partial charge in [-0.25, -0.2) is 4.79 Å². The van der Waals surface area contributed by atoms with Crippen molar-refractivity contribution in [2.24, 2.45) is 0 Å². The molecule has 1 N–H and O–H groups in total. The Labute approximate surface area is 107 Å². The predicted molar refractivity (Wildman–Crippen MR) is 68.2 cm³/mol. The zero-order chi connectivity index (χ0) is 12.0. The predicted octanol–water partition coefficient (Wildman–Crippen LogP) is 2.10. The molecular weight excluding hydrogens is 295 g/mol. The van der Waals surface area contributed by atoms with Crippen molar-refractivity contribution >= 4 is 27.5 Å². The second-order valence-corrected chi connectivity index (χ2v) is 4.77. The van der Waals surface area contributed by atoms with Crippen LogP contribution in [0.5, 0.6) is 0 Å². The Hall–Kier alpha value is -0.550. The summed E-state index contributed by atoms with van der Waals surface area (Å²) in [5.41, 5.74) is -0.742. The zero-order valence-corrected chi connectivity index (χ0v) is 11.2. The van der Waals surface area contributed by atoms with Crippen LogP contribution >= 0.6 is 27.5 Å². The average Bonchev–Trinajstić information content (AvgIpc) is 2.25. The third-order valence-electron chi connectivity index (χ3n) is 2.25. The number of aryl methyl sites for hydroxylation is 1. The number of rotatable bonds is 6. The van der Waals surface area contributed by atoms with Crippen molar-refractivity contribution < 1.29 is 0 Å². The molecule has 6 heteroatoms. The van der Waals surface area contributed by atoms with Crippen LogP contribution in [0.15, 0.2) is 20.3 Å². The summed E-state index contributed by atoms with van der Waals surface area (Å²) < 4.78 is 1.89. The first-order chi connectivity index (χ1) is 7.65. The Kier molecular flexibility index (Phi) is 5.84. The van der Waals surface area contributed by atoms with Crippen LogP contribution in [0.1, 0.15) is 25.7 Å². The quantitative estimate of drug-likeness (QED) is 0.646. The molecule has 0 unspecified atom stereocenters. The average molecular weight is 310 g/mol. The second-order valence-electron chi connectivity index (χ2n) is 3.53. The Balaban J connectivity index is 2.51. The number of nitrogens with zero attached hydrogens (tertiary/aromatic N) is 1. The van der Waals surface area contributed by atoms with Crippen LogP contribution in [0.4, 0.5) is 0 Å². The molecule has 90 valence electrons. The molecule has 4 nitrogen and oxygen atoms in total. The Morgan fingerprint density at radius 1 is 1.25 bits per heavy atom. The number of halogens is 2. The number of hydrogen-bond acceptors (Lipinski definition) is 2. The van der Waals surface area contributed by atoms with Gasteiger partial charge in [0, 0.05) is 18.6 Å². The molecule has 1 aromatic rings. The standard InChI is InChI=1S/C10H14BrClN2O2/c11-8-7-14(10(16)13-9(8)15)6-4-2-1-3-5-12/h7H,1-6H2,(H,13,15,16). The van der Waals surface area contributed by atoms with Gasteiger partial charge in [0.2, 0.25) is 0 Å². The molecule has 0 aliphatic carbocycles. The Morgan fingerprint density at radius 2 is 1.94 bits per heavy atom. The Bertz CT molecular complexity index is 441. The Morgan fingerprint density at radius 3 is 2.62 bits per heavy atom. The van der Waals surface area contributed by atoms with Crippen molar-refractivity contribution in [3.63, 3.8) is 0 Å². The molecule has 0 aliphatic heterocycles. The van der Waals surface area contributed by atoms with E-state index in [9.17, 15) is 9.59 Å². The molecule has 0 bridgehead atoms. The molecule has 1 heterocycles. The van der Waals surface area contributed by atoms with Crippen LogP contribution in [0, 0.1) is 0 Å². The van der Waals surface area contributed by atoms with Crippen LogP contribution < -0.4 is 11.2 Å². The van der Waals surface area contributed by atoms with Gasteiger partial charge in [-0.15, -0.1) is 11.6 Å². The molecule has 0 aliphatic rings. The van der Waals surface area contributed by atoms with Crippen LogP contribution in [0.2, 0.25) is 0 Å². The summed E-state index contributed by atoms with van der Waals surface area (Å²) in [6, 6.07) is 0. The van der Waals surface area contributed by atoms with Gasteiger partial charge in [-0.05, 0) is 28.8 Å². The van der Waals surface area contributed by atoms with Gasteiger partial charge in [0.05, 0.1) is 4.47 Å². The first kappa shape index (κ1) is 13.5. The highest BCUT2D eigenvalue weighted by atomic mass is 79.9. The largest absolute Gasteiger partial charge is 0.328 e. The lowest BCUT2D eigenvalue weighted by molar-refractivity contribution is 0.559. The zero-order valence-electron chi connectivity index (χ0n) is 8.84.